The van der Waals surface area contributed by atoms with Gasteiger partial charge in [0.15, 0.2) is 0 Å². The lowest BCUT2D eigenvalue weighted by Crippen LogP contribution is -2.58. The summed E-state index contributed by atoms with van der Waals surface area (Å²) in [4.78, 5) is 46.7. The topological polar surface area (TPSA) is 100 Å². The lowest BCUT2D eigenvalue weighted by Gasteiger charge is -2.39. The van der Waals surface area contributed by atoms with Gasteiger partial charge in [-0.1, -0.05) is 52.2 Å². The number of carbonyl (C=O) groups excluding carboxylic acids is 3. The van der Waals surface area contributed by atoms with Crippen molar-refractivity contribution in [1.82, 2.24) is 15.1 Å². The number of hydrogen-bond acceptors (Lipinski definition) is 6. The zero-order chi connectivity index (χ0) is 30.3. The van der Waals surface area contributed by atoms with Crippen LogP contribution in [-0.2, 0) is 19.1 Å². The molecule has 0 radical (unpaired) electrons. The lowest BCUT2D eigenvalue weighted by molar-refractivity contribution is -0.142. The first-order valence-corrected chi connectivity index (χ1v) is 16.4. The van der Waals surface area contributed by atoms with E-state index < -0.39 is 29.6 Å². The zero-order valence-corrected chi connectivity index (χ0v) is 26.1. The smallest absolute Gasteiger partial charge is 0.246 e. The van der Waals surface area contributed by atoms with Gasteiger partial charge in [0.05, 0.1) is 25.0 Å². The number of amides is 3. The fourth-order valence-electron chi connectivity index (χ4n) is 8.51. The second-order valence-corrected chi connectivity index (χ2v) is 13.4. The maximum atomic E-state index is 14.4. The van der Waals surface area contributed by atoms with Crippen molar-refractivity contribution in [1.29, 1.82) is 0 Å². The Morgan fingerprint density at radius 1 is 1.05 bits per heavy atom. The number of benzene rings is 1. The molecule has 1 spiro atoms. The monoisotopic (exact) mass is 592 g/mol. The molecule has 9 nitrogen and oxygen atoms in total. The van der Waals surface area contributed by atoms with Gasteiger partial charge in [-0.2, -0.15) is 0 Å². The van der Waals surface area contributed by atoms with Gasteiger partial charge in [0.2, 0.25) is 17.7 Å². The molecule has 2 bridgehead atoms. The Kier molecular flexibility index (Phi) is 8.57. The minimum atomic E-state index is -1.15. The summed E-state index contributed by atoms with van der Waals surface area (Å²) >= 11 is 0. The average molecular weight is 593 g/mol. The Morgan fingerprint density at radius 2 is 1.84 bits per heavy atom. The molecule has 3 saturated heterocycles. The Bertz CT molecular complexity index is 1240. The molecule has 4 fully saturated rings. The van der Waals surface area contributed by atoms with Crippen molar-refractivity contribution < 1.29 is 23.9 Å². The third kappa shape index (κ3) is 5.37. The molecule has 5 aliphatic rings. The number of methoxy groups -OCH3 is 1. The van der Waals surface area contributed by atoms with Gasteiger partial charge in [-0.15, -0.1) is 0 Å². The van der Waals surface area contributed by atoms with Gasteiger partial charge in [0, 0.05) is 30.9 Å². The van der Waals surface area contributed by atoms with Gasteiger partial charge in [-0.25, -0.2) is 0 Å². The van der Waals surface area contributed by atoms with Crippen LogP contribution >= 0.6 is 0 Å². The summed E-state index contributed by atoms with van der Waals surface area (Å²) < 4.78 is 11.8. The largest absolute Gasteiger partial charge is 0.497 e. The number of likely N-dealkylation sites (tertiary alicyclic amines) is 2. The van der Waals surface area contributed by atoms with Crippen molar-refractivity contribution >= 4 is 23.4 Å². The predicted octanol–water partition coefficient (Wildman–Crippen LogP) is 3.99. The van der Waals surface area contributed by atoms with Crippen LogP contribution in [0.4, 0.5) is 5.69 Å². The summed E-state index contributed by atoms with van der Waals surface area (Å²) in [5.74, 6) is -0.465. The molecule has 4 aliphatic heterocycles. The summed E-state index contributed by atoms with van der Waals surface area (Å²) in [5, 5.41) is 6.36. The van der Waals surface area contributed by atoms with Gasteiger partial charge in [0.1, 0.15) is 17.4 Å². The highest BCUT2D eigenvalue weighted by atomic mass is 16.5. The number of hydrogen-bond donors (Lipinski definition) is 2. The first-order valence-electron chi connectivity index (χ1n) is 16.4. The van der Waals surface area contributed by atoms with E-state index in [0.29, 0.717) is 42.4 Å². The van der Waals surface area contributed by atoms with E-state index in [1.807, 2.05) is 12.2 Å². The van der Waals surface area contributed by atoms with E-state index in [0.717, 1.165) is 32.2 Å². The van der Waals surface area contributed by atoms with Crippen molar-refractivity contribution in [3.63, 3.8) is 0 Å². The number of rotatable bonds is 9. The molecule has 234 valence electrons. The van der Waals surface area contributed by atoms with Crippen LogP contribution in [-0.4, -0.2) is 84.1 Å². The fourth-order valence-corrected chi connectivity index (χ4v) is 8.51. The van der Waals surface area contributed by atoms with Crippen LogP contribution in [0.1, 0.15) is 65.7 Å². The van der Waals surface area contributed by atoms with Crippen molar-refractivity contribution in [3.05, 3.63) is 36.4 Å². The van der Waals surface area contributed by atoms with E-state index in [1.54, 1.807) is 36.3 Å². The number of piperidine rings is 1. The molecule has 3 amide bonds. The summed E-state index contributed by atoms with van der Waals surface area (Å²) in [7, 11) is 1.60. The molecular formula is C34H48N4O5. The third-order valence-electron chi connectivity index (χ3n) is 11.2. The second-order valence-electron chi connectivity index (χ2n) is 13.4. The van der Waals surface area contributed by atoms with Crippen molar-refractivity contribution in [2.45, 2.75) is 95.5 Å². The van der Waals surface area contributed by atoms with Gasteiger partial charge < -0.3 is 25.0 Å². The van der Waals surface area contributed by atoms with Gasteiger partial charge in [-0.05, 0) is 68.3 Å². The average Bonchev–Trinajstić information content (AvgIpc) is 3.66. The van der Waals surface area contributed by atoms with Gasteiger partial charge in [-0.3, -0.25) is 19.3 Å². The molecule has 1 aromatic rings. The molecular weight excluding hydrogens is 544 g/mol. The van der Waals surface area contributed by atoms with Crippen LogP contribution in [0.3, 0.4) is 0 Å². The van der Waals surface area contributed by atoms with Gasteiger partial charge >= 0.3 is 0 Å². The molecule has 0 unspecified atom stereocenters. The molecule has 2 N–H and O–H groups in total. The van der Waals surface area contributed by atoms with Crippen molar-refractivity contribution in [2.75, 3.05) is 32.1 Å². The maximum Gasteiger partial charge on any atom is 0.246 e. The number of nitrogens with zero attached hydrogens (tertiary/aromatic N) is 2. The van der Waals surface area contributed by atoms with E-state index in [-0.39, 0.29) is 23.8 Å². The van der Waals surface area contributed by atoms with Crippen molar-refractivity contribution in [3.8, 4) is 5.75 Å². The summed E-state index contributed by atoms with van der Waals surface area (Å²) in [6, 6.07) is 6.89. The molecule has 9 heteroatoms. The summed E-state index contributed by atoms with van der Waals surface area (Å²) in [6.45, 7) is 8.85. The molecule has 4 heterocycles. The Hall–Kier alpha value is -2.91. The highest BCUT2D eigenvalue weighted by molar-refractivity contribution is 6.02. The second kappa shape index (κ2) is 12.2. The third-order valence-corrected chi connectivity index (χ3v) is 11.2. The Balaban J connectivity index is 1.27. The number of anilines is 1. The van der Waals surface area contributed by atoms with E-state index in [9.17, 15) is 14.4 Å². The van der Waals surface area contributed by atoms with E-state index >= 15 is 0 Å². The lowest BCUT2D eigenvalue weighted by atomic mass is 9.73. The van der Waals surface area contributed by atoms with Crippen molar-refractivity contribution in [2.24, 2.45) is 23.7 Å². The van der Waals surface area contributed by atoms with Crippen LogP contribution in [0.5, 0.6) is 5.75 Å². The van der Waals surface area contributed by atoms with E-state index in [2.05, 4.69) is 36.3 Å². The molecule has 6 rings (SSSR count). The predicted molar refractivity (Wildman–Crippen MR) is 164 cm³/mol. The minimum Gasteiger partial charge on any atom is -0.497 e. The summed E-state index contributed by atoms with van der Waals surface area (Å²) in [5.41, 5.74) is -0.525. The molecule has 0 aromatic heterocycles. The quantitative estimate of drug-likeness (QED) is 0.421. The van der Waals surface area contributed by atoms with E-state index in [1.165, 1.54) is 19.3 Å². The van der Waals surface area contributed by atoms with Crippen LogP contribution in [0, 0.1) is 23.7 Å². The molecule has 9 atom stereocenters. The molecule has 1 aromatic carbocycles. The number of carbonyl (C=O) groups is 3. The molecule has 1 aliphatic carbocycles. The molecule has 43 heavy (non-hydrogen) atoms. The van der Waals surface area contributed by atoms with Crippen LogP contribution < -0.4 is 15.4 Å². The standard InChI is InChI=1S/C34H48N4O5/c1-5-24-10-6-7-18-37(24)19-20-38-30(32(40)36-26-11-8-9-21(2)22(26)3)34-17-16-27(43-34)28(29(34)33(38)41)31(39)35-23-12-14-25(42-4)15-13-23/h12-17,21-22,24,26-30H,5-11,18-20H2,1-4H3,(H,35,39)(H,36,40)/t21-,22+,24+,26+,27-,28+,29-,30-,34-/m0/s1. The highest BCUT2D eigenvalue weighted by Gasteiger charge is 2.72. The minimum absolute atomic E-state index is 0.0620. The number of nitrogens with one attached hydrogen (secondary N) is 2. The Morgan fingerprint density at radius 3 is 2.58 bits per heavy atom. The number of fused-ring (bicyclic) bond motifs is 1. The normalized spacial score (nSPS) is 36.9. The van der Waals surface area contributed by atoms with E-state index in [4.69, 9.17) is 9.47 Å². The van der Waals surface area contributed by atoms with Crippen LogP contribution in [0.25, 0.3) is 0 Å². The van der Waals surface area contributed by atoms with Crippen LogP contribution in [0.2, 0.25) is 0 Å². The Labute approximate surface area is 255 Å². The highest BCUT2D eigenvalue weighted by Crippen LogP contribution is 2.55. The fraction of sp³-hybridized carbons (Fsp3) is 0.676. The SMILES string of the molecule is CC[C@@H]1CCCCN1CCN1C(=O)[C@@H]2[C@H](C(=O)Nc3ccc(OC)cc3)[C@@H]3C=C[C@@]2(O3)[C@@H]1C(=O)N[C@@H]1CCC[C@H](C)[C@H]1C. The zero-order valence-electron chi connectivity index (χ0n) is 26.1. The van der Waals surface area contributed by atoms with Gasteiger partial charge in [0.25, 0.3) is 0 Å². The maximum absolute atomic E-state index is 14.4. The van der Waals surface area contributed by atoms with Crippen LogP contribution in [0.15, 0.2) is 36.4 Å². The first-order chi connectivity index (χ1) is 20.8. The first kappa shape index (κ1) is 30.1. The summed E-state index contributed by atoms with van der Waals surface area (Å²) in [6.07, 6.45) is 11.0. The number of ether oxygens (including phenoxy) is 2. The molecule has 1 saturated carbocycles.